The van der Waals surface area contributed by atoms with Crippen LogP contribution in [0.25, 0.3) is 0 Å². The molecule has 2 aliphatic rings. The molecule has 2 rings (SSSR count). The highest BCUT2D eigenvalue weighted by Gasteiger charge is 2.34. The second-order valence-electron chi connectivity index (χ2n) is 7.82. The molecule has 0 atom stereocenters. The van der Waals surface area contributed by atoms with Gasteiger partial charge in [0, 0.05) is 12.0 Å². The third-order valence-corrected chi connectivity index (χ3v) is 5.23. The lowest BCUT2D eigenvalue weighted by Crippen LogP contribution is -2.51. The minimum atomic E-state index is -0.385. The first-order valence-corrected chi connectivity index (χ1v) is 9.03. The van der Waals surface area contributed by atoms with Gasteiger partial charge < -0.3 is 0 Å². The largest absolute Gasteiger partial charge is 0.275 e. The highest BCUT2D eigenvalue weighted by atomic mass is 16.7. The molecule has 0 amide bonds. The summed E-state index contributed by atoms with van der Waals surface area (Å²) in [5.74, 6) is 0.587. The average molecular weight is 319 g/mol. The quantitative estimate of drug-likeness (QED) is 0.645. The Kier molecular flexibility index (Phi) is 5.74. The van der Waals surface area contributed by atoms with Crippen LogP contribution in [0, 0.1) is 5.92 Å². The first-order chi connectivity index (χ1) is 10.7. The second-order valence-corrected chi connectivity index (χ2v) is 7.82. The van der Waals surface area contributed by atoms with Crippen molar-refractivity contribution < 1.29 is 4.84 Å². The molecule has 0 N–H and O–H groups in total. The number of hydroxylamine groups is 2. The molecule has 1 saturated carbocycles. The molecule has 3 heteroatoms. The van der Waals surface area contributed by atoms with E-state index in [1.165, 1.54) is 43.4 Å². The van der Waals surface area contributed by atoms with Crippen molar-refractivity contribution in [3.63, 3.8) is 0 Å². The standard InChI is InChI=1S/C20H34N2O/c1-15(2)21(7)20(5,6)23-22-17(4)13-16(3)14-19(22)18-11-9-8-10-12-18/h13-15,18H,4,8-12H2,1-3,5-7H3. The fourth-order valence-corrected chi connectivity index (χ4v) is 3.52. The molecule has 0 unspecified atom stereocenters. The SMILES string of the molecule is C=C1C=C(C)C=C(C2CCCCC2)N1OC(C)(C)N(C)C(C)C. The van der Waals surface area contributed by atoms with Crippen LogP contribution >= 0.6 is 0 Å². The third kappa shape index (κ3) is 4.27. The van der Waals surface area contributed by atoms with E-state index in [2.05, 4.69) is 65.3 Å². The molecule has 0 saturated heterocycles. The fourth-order valence-electron chi connectivity index (χ4n) is 3.52. The van der Waals surface area contributed by atoms with Gasteiger partial charge in [0.1, 0.15) is 5.72 Å². The minimum absolute atomic E-state index is 0.385. The number of nitrogens with zero attached hydrogens (tertiary/aromatic N) is 2. The molecule has 0 aromatic carbocycles. The first-order valence-electron chi connectivity index (χ1n) is 9.03. The maximum absolute atomic E-state index is 6.48. The number of allylic oxidation sites excluding steroid dienone is 4. The molecule has 130 valence electrons. The summed E-state index contributed by atoms with van der Waals surface area (Å²) in [4.78, 5) is 8.73. The minimum Gasteiger partial charge on any atom is -0.275 e. The zero-order valence-electron chi connectivity index (χ0n) is 15.9. The molecule has 23 heavy (non-hydrogen) atoms. The Morgan fingerprint density at radius 2 is 1.83 bits per heavy atom. The molecule has 0 bridgehead atoms. The Morgan fingerprint density at radius 3 is 2.39 bits per heavy atom. The maximum Gasteiger partial charge on any atom is 0.144 e. The molecule has 1 aliphatic heterocycles. The van der Waals surface area contributed by atoms with Gasteiger partial charge in [-0.2, -0.15) is 0 Å². The van der Waals surface area contributed by atoms with E-state index in [-0.39, 0.29) is 5.72 Å². The van der Waals surface area contributed by atoms with Crippen LogP contribution in [-0.4, -0.2) is 28.8 Å². The van der Waals surface area contributed by atoms with Crippen molar-refractivity contribution in [2.24, 2.45) is 5.92 Å². The molecular weight excluding hydrogens is 284 g/mol. The maximum atomic E-state index is 6.48. The van der Waals surface area contributed by atoms with Gasteiger partial charge in [-0.15, -0.1) is 0 Å². The Hall–Kier alpha value is -1.06. The van der Waals surface area contributed by atoms with E-state index in [4.69, 9.17) is 4.84 Å². The molecule has 0 radical (unpaired) electrons. The van der Waals surface area contributed by atoms with E-state index in [1.54, 1.807) is 0 Å². The summed E-state index contributed by atoms with van der Waals surface area (Å²) in [6, 6.07) is 0.419. The third-order valence-electron chi connectivity index (χ3n) is 5.23. The van der Waals surface area contributed by atoms with Crippen LogP contribution in [0.3, 0.4) is 0 Å². The number of rotatable bonds is 5. The average Bonchev–Trinajstić information content (AvgIpc) is 2.49. The molecule has 3 nitrogen and oxygen atoms in total. The summed E-state index contributed by atoms with van der Waals surface area (Å²) in [5.41, 5.74) is 3.12. The van der Waals surface area contributed by atoms with Crippen LogP contribution in [-0.2, 0) is 4.84 Å². The second kappa shape index (κ2) is 7.23. The highest BCUT2D eigenvalue weighted by Crippen LogP contribution is 2.38. The van der Waals surface area contributed by atoms with Gasteiger partial charge in [-0.05, 0) is 72.2 Å². The van der Waals surface area contributed by atoms with Crippen molar-refractivity contribution in [3.05, 3.63) is 35.7 Å². The number of hydrogen-bond donors (Lipinski definition) is 0. The molecule has 0 aromatic heterocycles. The summed E-state index contributed by atoms with van der Waals surface area (Å²) in [7, 11) is 2.11. The van der Waals surface area contributed by atoms with E-state index >= 15 is 0 Å². The van der Waals surface area contributed by atoms with E-state index in [0.29, 0.717) is 12.0 Å². The highest BCUT2D eigenvalue weighted by molar-refractivity contribution is 5.36. The van der Waals surface area contributed by atoms with Crippen LogP contribution in [0.2, 0.25) is 0 Å². The van der Waals surface area contributed by atoms with E-state index < -0.39 is 0 Å². The Bertz CT molecular complexity index is 496. The van der Waals surface area contributed by atoms with Gasteiger partial charge in [0.05, 0.1) is 11.4 Å². The van der Waals surface area contributed by atoms with Gasteiger partial charge in [0.2, 0.25) is 0 Å². The van der Waals surface area contributed by atoms with Crippen LogP contribution < -0.4 is 0 Å². The predicted molar refractivity (Wildman–Crippen MR) is 97.5 cm³/mol. The van der Waals surface area contributed by atoms with Crippen molar-refractivity contribution in [3.8, 4) is 0 Å². The molecule has 1 aliphatic carbocycles. The van der Waals surface area contributed by atoms with Gasteiger partial charge >= 0.3 is 0 Å². The summed E-state index contributed by atoms with van der Waals surface area (Å²) < 4.78 is 0. The lowest BCUT2D eigenvalue weighted by atomic mass is 9.85. The van der Waals surface area contributed by atoms with Gasteiger partial charge in [0.25, 0.3) is 0 Å². The first kappa shape index (κ1) is 18.3. The lowest BCUT2D eigenvalue weighted by Gasteiger charge is -2.44. The smallest absolute Gasteiger partial charge is 0.144 e. The van der Waals surface area contributed by atoms with Crippen LogP contribution in [0.5, 0.6) is 0 Å². The topological polar surface area (TPSA) is 15.7 Å². The van der Waals surface area contributed by atoms with Gasteiger partial charge in [-0.1, -0.05) is 25.8 Å². The Labute approximate surface area is 142 Å². The van der Waals surface area contributed by atoms with E-state index in [9.17, 15) is 0 Å². The van der Waals surface area contributed by atoms with Gasteiger partial charge in [-0.25, -0.2) is 9.90 Å². The fraction of sp³-hybridized carbons (Fsp3) is 0.700. The Balaban J connectivity index is 2.23. The van der Waals surface area contributed by atoms with Gasteiger partial charge in [0.15, 0.2) is 0 Å². The molecule has 0 spiro atoms. The zero-order chi connectivity index (χ0) is 17.2. The normalized spacial score (nSPS) is 21.0. The summed E-state index contributed by atoms with van der Waals surface area (Å²) in [5, 5.41) is 2.00. The predicted octanol–water partition coefficient (Wildman–Crippen LogP) is 5.23. The van der Waals surface area contributed by atoms with Crippen molar-refractivity contribution >= 4 is 0 Å². The van der Waals surface area contributed by atoms with Gasteiger partial charge in [-0.3, -0.25) is 4.90 Å². The summed E-state index contributed by atoms with van der Waals surface area (Å²) in [6.45, 7) is 15.0. The van der Waals surface area contributed by atoms with Crippen LogP contribution in [0.4, 0.5) is 0 Å². The summed E-state index contributed by atoms with van der Waals surface area (Å²) >= 11 is 0. The van der Waals surface area contributed by atoms with E-state index in [0.717, 1.165) is 5.70 Å². The Morgan fingerprint density at radius 1 is 1.22 bits per heavy atom. The molecule has 0 aromatic rings. The summed E-state index contributed by atoms with van der Waals surface area (Å²) in [6.07, 6.45) is 10.9. The van der Waals surface area contributed by atoms with Crippen molar-refractivity contribution in [2.45, 2.75) is 78.5 Å². The van der Waals surface area contributed by atoms with E-state index in [1.807, 2.05) is 5.06 Å². The van der Waals surface area contributed by atoms with Crippen molar-refractivity contribution in [2.75, 3.05) is 7.05 Å². The van der Waals surface area contributed by atoms with Crippen LogP contribution in [0.15, 0.2) is 35.7 Å². The van der Waals surface area contributed by atoms with Crippen molar-refractivity contribution in [1.29, 1.82) is 0 Å². The van der Waals surface area contributed by atoms with Crippen molar-refractivity contribution in [1.82, 2.24) is 9.96 Å². The molecular formula is C20H34N2O. The molecule has 1 fully saturated rings. The zero-order valence-corrected chi connectivity index (χ0v) is 15.9. The molecule has 1 heterocycles. The lowest BCUT2D eigenvalue weighted by molar-refractivity contribution is -0.256. The monoisotopic (exact) mass is 318 g/mol. The van der Waals surface area contributed by atoms with Crippen LogP contribution in [0.1, 0.15) is 66.7 Å². The number of hydrogen-bond acceptors (Lipinski definition) is 3.